The first-order valence-corrected chi connectivity index (χ1v) is 4.99. The van der Waals surface area contributed by atoms with E-state index in [1.807, 2.05) is 6.07 Å². The van der Waals surface area contributed by atoms with E-state index in [1.165, 1.54) is 11.7 Å². The van der Waals surface area contributed by atoms with Gasteiger partial charge in [-0.05, 0) is 17.7 Å². The summed E-state index contributed by atoms with van der Waals surface area (Å²) in [6.45, 7) is 0.387. The molecule has 0 heterocycles. The molecule has 76 valence electrons. The van der Waals surface area contributed by atoms with Crippen LogP contribution in [-0.2, 0) is 11.4 Å². The van der Waals surface area contributed by atoms with Crippen LogP contribution in [0.1, 0.15) is 5.56 Å². The van der Waals surface area contributed by atoms with Gasteiger partial charge in [-0.1, -0.05) is 40.9 Å². The van der Waals surface area contributed by atoms with E-state index in [-0.39, 0.29) is 0 Å². The summed E-state index contributed by atoms with van der Waals surface area (Å²) >= 11 is 16.8. The molecule has 2 nitrogen and oxygen atoms in total. The summed E-state index contributed by atoms with van der Waals surface area (Å²) < 4.78 is 0. The zero-order valence-corrected chi connectivity index (χ0v) is 9.40. The van der Waals surface area contributed by atoms with E-state index in [0.717, 1.165) is 5.56 Å². The second kappa shape index (κ2) is 6.14. The van der Waals surface area contributed by atoms with Crippen molar-refractivity contribution in [3.05, 3.63) is 45.5 Å². The maximum atomic E-state index is 5.81. The van der Waals surface area contributed by atoms with Gasteiger partial charge in [0.2, 0.25) is 0 Å². The number of nitrogens with one attached hydrogen (secondary N) is 1. The first-order valence-electron chi connectivity index (χ1n) is 3.80. The molecule has 0 amide bonds. The first kappa shape index (κ1) is 11.7. The summed E-state index contributed by atoms with van der Waals surface area (Å²) in [7, 11) is 0. The van der Waals surface area contributed by atoms with Crippen LogP contribution in [0.25, 0.3) is 0 Å². The maximum absolute atomic E-state index is 5.81. The predicted molar refractivity (Wildman–Crippen MR) is 59.4 cm³/mol. The van der Waals surface area contributed by atoms with Gasteiger partial charge in [0.1, 0.15) is 0 Å². The Hall–Kier alpha value is -0.410. The summed E-state index contributed by atoms with van der Waals surface area (Å²) in [6, 6.07) is 5.30. The van der Waals surface area contributed by atoms with Gasteiger partial charge < -0.3 is 0 Å². The van der Waals surface area contributed by atoms with Crippen LogP contribution in [-0.4, -0.2) is 0 Å². The van der Waals surface area contributed by atoms with Crippen molar-refractivity contribution in [2.45, 2.75) is 6.61 Å². The first-order chi connectivity index (χ1) is 6.74. The number of hydrogen-bond acceptors (Lipinski definition) is 2. The summed E-state index contributed by atoms with van der Waals surface area (Å²) in [4.78, 5) is 5.03. The largest absolute Gasteiger partial charge is 0.273 e. The van der Waals surface area contributed by atoms with Crippen LogP contribution in [0.5, 0.6) is 0 Å². The minimum absolute atomic E-state index is 0.387. The Morgan fingerprint density at radius 1 is 1.29 bits per heavy atom. The normalized spacial score (nSPS) is 10.8. The second-order valence-corrected chi connectivity index (χ2v) is 3.51. The number of halogens is 3. The average Bonchev–Trinajstić information content (AvgIpc) is 2.18. The molecular formula is C9H8Cl3NO. The Labute approximate surface area is 97.4 Å². The van der Waals surface area contributed by atoms with Crippen molar-refractivity contribution >= 4 is 34.8 Å². The third-order valence-electron chi connectivity index (χ3n) is 1.44. The molecule has 0 spiro atoms. The highest BCUT2D eigenvalue weighted by atomic mass is 35.5. The van der Waals surface area contributed by atoms with Crippen molar-refractivity contribution < 1.29 is 4.84 Å². The molecule has 0 bridgehead atoms. The van der Waals surface area contributed by atoms with Gasteiger partial charge in [0.25, 0.3) is 0 Å². The van der Waals surface area contributed by atoms with Crippen LogP contribution in [0.2, 0.25) is 10.0 Å². The van der Waals surface area contributed by atoms with Gasteiger partial charge in [-0.3, -0.25) is 10.3 Å². The Balaban J connectivity index is 2.47. The fraction of sp³-hybridized carbons (Fsp3) is 0.111. The van der Waals surface area contributed by atoms with E-state index in [2.05, 4.69) is 5.48 Å². The topological polar surface area (TPSA) is 21.3 Å². The van der Waals surface area contributed by atoms with E-state index < -0.39 is 0 Å². The van der Waals surface area contributed by atoms with E-state index >= 15 is 0 Å². The molecule has 1 rings (SSSR count). The van der Waals surface area contributed by atoms with Crippen LogP contribution < -0.4 is 5.48 Å². The van der Waals surface area contributed by atoms with Crippen LogP contribution in [0.3, 0.4) is 0 Å². The van der Waals surface area contributed by atoms with Crippen LogP contribution in [0.4, 0.5) is 0 Å². The smallest absolute Gasteiger partial charge is 0.0997 e. The third-order valence-corrected chi connectivity index (χ3v) is 2.30. The second-order valence-electron chi connectivity index (χ2n) is 2.45. The molecule has 0 fully saturated rings. The molecule has 0 unspecified atom stereocenters. The molecule has 0 aliphatic rings. The van der Waals surface area contributed by atoms with Crippen molar-refractivity contribution in [3.63, 3.8) is 0 Å². The SMILES string of the molecule is Cl/C=C/NOCc1ccc(Cl)c(Cl)c1. The van der Waals surface area contributed by atoms with Crippen LogP contribution in [0, 0.1) is 0 Å². The zero-order valence-electron chi connectivity index (χ0n) is 7.14. The van der Waals surface area contributed by atoms with Gasteiger partial charge >= 0.3 is 0 Å². The van der Waals surface area contributed by atoms with Crippen molar-refractivity contribution in [1.29, 1.82) is 0 Å². The number of benzene rings is 1. The van der Waals surface area contributed by atoms with Crippen molar-refractivity contribution in [3.8, 4) is 0 Å². The molecule has 5 heteroatoms. The highest BCUT2D eigenvalue weighted by Crippen LogP contribution is 2.22. The van der Waals surface area contributed by atoms with E-state index in [1.54, 1.807) is 12.1 Å². The Bertz CT molecular complexity index is 328. The van der Waals surface area contributed by atoms with Crippen molar-refractivity contribution in [1.82, 2.24) is 5.48 Å². The minimum Gasteiger partial charge on any atom is -0.273 e. The number of hydrogen-bond donors (Lipinski definition) is 1. The zero-order chi connectivity index (χ0) is 10.4. The van der Waals surface area contributed by atoms with Gasteiger partial charge in [-0.15, -0.1) is 0 Å². The van der Waals surface area contributed by atoms with Crippen LogP contribution in [0.15, 0.2) is 29.9 Å². The Morgan fingerprint density at radius 2 is 2.07 bits per heavy atom. The lowest BCUT2D eigenvalue weighted by atomic mass is 10.2. The lowest BCUT2D eigenvalue weighted by Gasteiger charge is -2.03. The summed E-state index contributed by atoms with van der Waals surface area (Å²) in [6.07, 6.45) is 1.47. The van der Waals surface area contributed by atoms with Gasteiger partial charge in [0.05, 0.1) is 16.7 Å². The molecule has 1 aromatic carbocycles. The lowest BCUT2D eigenvalue weighted by Crippen LogP contribution is -2.05. The summed E-state index contributed by atoms with van der Waals surface area (Å²) in [5.41, 5.74) is 4.77. The van der Waals surface area contributed by atoms with Gasteiger partial charge in [0, 0.05) is 11.7 Å². The highest BCUT2D eigenvalue weighted by molar-refractivity contribution is 6.42. The highest BCUT2D eigenvalue weighted by Gasteiger charge is 1.98. The minimum atomic E-state index is 0.387. The molecule has 1 aromatic rings. The molecular weight excluding hydrogens is 244 g/mol. The summed E-state index contributed by atoms with van der Waals surface area (Å²) in [5, 5.41) is 1.05. The molecule has 1 N–H and O–H groups in total. The fourth-order valence-corrected chi connectivity index (χ4v) is 1.20. The molecule has 0 radical (unpaired) electrons. The lowest BCUT2D eigenvalue weighted by molar-refractivity contribution is 0.0577. The van der Waals surface area contributed by atoms with Gasteiger partial charge in [-0.2, -0.15) is 0 Å². The number of hydroxylamine groups is 1. The standard InChI is InChI=1S/C9H8Cl3NO/c10-3-4-13-14-6-7-1-2-8(11)9(12)5-7/h1-5,13H,6H2/b4-3+. The van der Waals surface area contributed by atoms with E-state index in [9.17, 15) is 0 Å². The monoisotopic (exact) mass is 251 g/mol. The molecule has 0 saturated heterocycles. The molecule has 0 atom stereocenters. The van der Waals surface area contributed by atoms with Crippen molar-refractivity contribution in [2.75, 3.05) is 0 Å². The van der Waals surface area contributed by atoms with Crippen LogP contribution >= 0.6 is 34.8 Å². The fourth-order valence-electron chi connectivity index (χ4n) is 0.828. The maximum Gasteiger partial charge on any atom is 0.0997 e. The molecule has 0 aromatic heterocycles. The van der Waals surface area contributed by atoms with E-state index in [4.69, 9.17) is 39.6 Å². The Kier molecular flexibility index (Phi) is 5.12. The third kappa shape index (κ3) is 3.76. The Morgan fingerprint density at radius 3 is 2.71 bits per heavy atom. The van der Waals surface area contributed by atoms with Gasteiger partial charge in [-0.25, -0.2) is 0 Å². The van der Waals surface area contributed by atoms with Gasteiger partial charge in [0.15, 0.2) is 0 Å². The number of rotatable bonds is 4. The molecule has 0 aliphatic heterocycles. The molecule has 14 heavy (non-hydrogen) atoms. The molecule has 0 saturated carbocycles. The average molecular weight is 253 g/mol. The predicted octanol–water partition coefficient (Wildman–Crippen LogP) is 3.72. The van der Waals surface area contributed by atoms with Crippen molar-refractivity contribution in [2.24, 2.45) is 0 Å². The molecule has 0 aliphatic carbocycles. The van der Waals surface area contributed by atoms with E-state index in [0.29, 0.717) is 16.7 Å². The quantitative estimate of drug-likeness (QED) is 0.651. The summed E-state index contributed by atoms with van der Waals surface area (Å²) in [5.74, 6) is 0.